The van der Waals surface area contributed by atoms with Crippen LogP contribution in [0.1, 0.15) is 28.8 Å². The first kappa shape index (κ1) is 14.5. The summed E-state index contributed by atoms with van der Waals surface area (Å²) in [5, 5.41) is 8.90. The minimum atomic E-state index is -1.39. The molecule has 0 bridgehead atoms. The van der Waals surface area contributed by atoms with Gasteiger partial charge in [0.05, 0.1) is 18.9 Å². The number of anilines is 1. The van der Waals surface area contributed by atoms with Gasteiger partial charge in [0.2, 0.25) is 0 Å². The van der Waals surface area contributed by atoms with Gasteiger partial charge in [0.1, 0.15) is 11.9 Å². The smallest absolute Gasteiger partial charge is 0.161 e. The fourth-order valence-corrected chi connectivity index (χ4v) is 3.00. The number of hydrogen-bond acceptors (Lipinski definition) is 4. The number of nitriles is 1. The van der Waals surface area contributed by atoms with Crippen molar-refractivity contribution < 1.29 is 4.39 Å². The minimum absolute atomic E-state index is 0.236. The van der Waals surface area contributed by atoms with Crippen molar-refractivity contribution in [1.82, 2.24) is 9.97 Å². The Bertz CT molecular complexity index is 732. The Balaban J connectivity index is 1.88. The fraction of sp³-hybridized carbons (Fsp3) is 0.353. The average Bonchev–Trinajstić information content (AvgIpc) is 2.90. The second kappa shape index (κ2) is 5.38. The van der Waals surface area contributed by atoms with Crippen molar-refractivity contribution in [2.45, 2.75) is 25.9 Å². The number of aromatic nitrogens is 2. The molecule has 1 atom stereocenters. The predicted octanol–water partition coefficient (Wildman–Crippen LogP) is 3.04. The molecule has 4 nitrogen and oxygen atoms in total. The molecule has 0 N–H and O–H groups in total. The lowest BCUT2D eigenvalue weighted by Crippen LogP contribution is -2.28. The number of benzene rings is 1. The van der Waals surface area contributed by atoms with Gasteiger partial charge in [-0.05, 0) is 19.4 Å². The van der Waals surface area contributed by atoms with Crippen LogP contribution in [0.25, 0.3) is 0 Å². The maximum Gasteiger partial charge on any atom is 0.161 e. The van der Waals surface area contributed by atoms with Gasteiger partial charge in [0, 0.05) is 13.0 Å². The van der Waals surface area contributed by atoms with Gasteiger partial charge in [-0.15, -0.1) is 0 Å². The van der Waals surface area contributed by atoms with Gasteiger partial charge in [-0.25, -0.2) is 9.37 Å². The van der Waals surface area contributed by atoms with Crippen molar-refractivity contribution in [2.24, 2.45) is 0 Å². The molecule has 22 heavy (non-hydrogen) atoms. The molecule has 5 heteroatoms. The molecule has 1 aliphatic heterocycles. The molecule has 0 spiro atoms. The monoisotopic (exact) mass is 296 g/mol. The first-order chi connectivity index (χ1) is 10.5. The molecule has 1 aromatic carbocycles. The molecule has 2 heterocycles. The number of halogens is 1. The van der Waals surface area contributed by atoms with E-state index in [0.29, 0.717) is 18.8 Å². The van der Waals surface area contributed by atoms with E-state index in [4.69, 9.17) is 5.26 Å². The van der Waals surface area contributed by atoms with E-state index in [1.807, 2.05) is 43.0 Å². The molecule has 1 aromatic heterocycles. The van der Waals surface area contributed by atoms with E-state index < -0.39 is 5.67 Å². The van der Waals surface area contributed by atoms with E-state index >= 15 is 4.39 Å². The number of hydrogen-bond donors (Lipinski definition) is 0. The highest BCUT2D eigenvalue weighted by molar-refractivity contribution is 5.43. The molecule has 0 radical (unpaired) electrons. The van der Waals surface area contributed by atoms with Crippen molar-refractivity contribution >= 4 is 5.82 Å². The van der Waals surface area contributed by atoms with Crippen molar-refractivity contribution in [3.05, 3.63) is 53.0 Å². The Morgan fingerprint density at radius 3 is 2.64 bits per heavy atom. The van der Waals surface area contributed by atoms with Crippen LogP contribution < -0.4 is 4.90 Å². The number of aryl methyl sites for hydroxylation is 2. The van der Waals surface area contributed by atoms with Crippen LogP contribution in [0, 0.1) is 25.2 Å². The van der Waals surface area contributed by atoms with Gasteiger partial charge >= 0.3 is 0 Å². The molecule has 1 fully saturated rings. The third-order valence-corrected chi connectivity index (χ3v) is 4.02. The Labute approximate surface area is 129 Å². The number of alkyl halides is 1. The van der Waals surface area contributed by atoms with Crippen LogP contribution in [-0.2, 0) is 5.67 Å². The molecule has 1 aliphatic rings. The second-order valence-electron chi connectivity index (χ2n) is 5.89. The first-order valence-electron chi connectivity index (χ1n) is 7.25. The van der Waals surface area contributed by atoms with E-state index in [1.54, 1.807) is 6.20 Å². The summed E-state index contributed by atoms with van der Waals surface area (Å²) in [4.78, 5) is 10.1. The summed E-state index contributed by atoms with van der Waals surface area (Å²) in [5.74, 6) is 0.558. The zero-order valence-electron chi connectivity index (χ0n) is 12.7. The predicted molar refractivity (Wildman–Crippen MR) is 82.3 cm³/mol. The van der Waals surface area contributed by atoms with Crippen LogP contribution in [-0.4, -0.2) is 23.1 Å². The van der Waals surface area contributed by atoms with Crippen molar-refractivity contribution in [1.29, 1.82) is 5.26 Å². The van der Waals surface area contributed by atoms with E-state index in [2.05, 4.69) is 9.97 Å². The van der Waals surface area contributed by atoms with Crippen LogP contribution in [0.4, 0.5) is 10.2 Å². The topological polar surface area (TPSA) is 52.8 Å². The summed E-state index contributed by atoms with van der Waals surface area (Å²) in [6, 6.07) is 7.83. The van der Waals surface area contributed by atoms with Crippen molar-refractivity contribution in [3.8, 4) is 6.07 Å². The Kier molecular flexibility index (Phi) is 3.53. The highest BCUT2D eigenvalue weighted by Gasteiger charge is 2.40. The summed E-state index contributed by atoms with van der Waals surface area (Å²) in [6.07, 6.45) is 3.40. The van der Waals surface area contributed by atoms with Crippen LogP contribution in [0.3, 0.4) is 0 Å². The summed E-state index contributed by atoms with van der Waals surface area (Å²) < 4.78 is 15.4. The van der Waals surface area contributed by atoms with Crippen LogP contribution >= 0.6 is 0 Å². The third-order valence-electron chi connectivity index (χ3n) is 4.02. The zero-order valence-corrected chi connectivity index (χ0v) is 12.7. The van der Waals surface area contributed by atoms with Crippen molar-refractivity contribution in [3.63, 3.8) is 0 Å². The van der Waals surface area contributed by atoms with Gasteiger partial charge in [0.15, 0.2) is 11.4 Å². The third kappa shape index (κ3) is 2.64. The molecule has 1 unspecified atom stereocenters. The van der Waals surface area contributed by atoms with Gasteiger partial charge < -0.3 is 4.90 Å². The zero-order chi connectivity index (χ0) is 15.7. The van der Waals surface area contributed by atoms with Gasteiger partial charge in [-0.3, -0.25) is 4.98 Å². The largest absolute Gasteiger partial charge is 0.352 e. The SMILES string of the molecule is Cc1cc(C)cc(C2(F)CCN(c3cncc(C#N)n3)C2)c1. The standard InChI is InChI=1S/C17H17FN4/c1-12-5-13(2)7-14(6-12)17(18)3-4-22(11-17)16-10-20-9-15(8-19)21-16/h5-7,9-10H,3-4,11H2,1-2H3. The van der Waals surface area contributed by atoms with Crippen LogP contribution in [0.15, 0.2) is 30.6 Å². The molecule has 0 amide bonds. The first-order valence-corrected chi connectivity index (χ1v) is 7.25. The van der Waals surface area contributed by atoms with E-state index in [0.717, 1.165) is 16.7 Å². The lowest BCUT2D eigenvalue weighted by Gasteiger charge is -2.22. The van der Waals surface area contributed by atoms with Gasteiger partial charge in [-0.2, -0.15) is 5.26 Å². The second-order valence-corrected chi connectivity index (χ2v) is 5.89. The molecule has 2 aromatic rings. The highest BCUT2D eigenvalue weighted by atomic mass is 19.1. The Hall–Kier alpha value is -2.48. The number of rotatable bonds is 2. The molecule has 0 aliphatic carbocycles. The number of nitrogens with zero attached hydrogens (tertiary/aromatic N) is 4. The summed E-state index contributed by atoms with van der Waals surface area (Å²) in [5.41, 5.74) is 1.71. The highest BCUT2D eigenvalue weighted by Crippen LogP contribution is 2.38. The van der Waals surface area contributed by atoms with Gasteiger partial charge in [-0.1, -0.05) is 29.3 Å². The van der Waals surface area contributed by atoms with Gasteiger partial charge in [0.25, 0.3) is 0 Å². The van der Waals surface area contributed by atoms with Crippen LogP contribution in [0.2, 0.25) is 0 Å². The summed E-state index contributed by atoms with van der Waals surface area (Å²) in [6.45, 7) is 4.76. The van der Waals surface area contributed by atoms with E-state index in [9.17, 15) is 0 Å². The molecular formula is C17H17FN4. The summed E-state index contributed by atoms with van der Waals surface area (Å²) in [7, 11) is 0. The Morgan fingerprint density at radius 2 is 1.95 bits per heavy atom. The fourth-order valence-electron chi connectivity index (χ4n) is 3.00. The quantitative estimate of drug-likeness (QED) is 0.854. The average molecular weight is 296 g/mol. The molecule has 0 saturated carbocycles. The lowest BCUT2D eigenvalue weighted by molar-refractivity contribution is 0.196. The lowest BCUT2D eigenvalue weighted by atomic mass is 9.92. The minimum Gasteiger partial charge on any atom is -0.352 e. The molecule has 112 valence electrons. The normalized spacial score (nSPS) is 20.9. The summed E-state index contributed by atoms with van der Waals surface area (Å²) >= 11 is 0. The maximum absolute atomic E-state index is 15.4. The molecule has 3 rings (SSSR count). The van der Waals surface area contributed by atoms with E-state index in [1.165, 1.54) is 6.20 Å². The Morgan fingerprint density at radius 1 is 1.23 bits per heavy atom. The van der Waals surface area contributed by atoms with E-state index in [-0.39, 0.29) is 12.2 Å². The van der Waals surface area contributed by atoms with Crippen molar-refractivity contribution in [2.75, 3.05) is 18.0 Å². The maximum atomic E-state index is 15.4. The molecular weight excluding hydrogens is 279 g/mol. The van der Waals surface area contributed by atoms with Crippen LogP contribution in [0.5, 0.6) is 0 Å². The molecule has 1 saturated heterocycles.